The summed E-state index contributed by atoms with van der Waals surface area (Å²) in [6, 6.07) is 20.5. The Morgan fingerprint density at radius 2 is 1.73 bits per heavy atom. The van der Waals surface area contributed by atoms with E-state index in [2.05, 4.69) is 47.1 Å². The highest BCUT2D eigenvalue weighted by atomic mass is 35.5. The van der Waals surface area contributed by atoms with Crippen molar-refractivity contribution in [1.82, 2.24) is 9.80 Å². The molecule has 1 N–H and O–H groups in total. The summed E-state index contributed by atoms with van der Waals surface area (Å²) in [7, 11) is 1.62. The topological polar surface area (TPSA) is 35.9 Å². The summed E-state index contributed by atoms with van der Waals surface area (Å²) in [6.07, 6.45) is -0.545. The van der Waals surface area contributed by atoms with Crippen molar-refractivity contribution in [3.8, 4) is 5.75 Å². The molecule has 1 saturated heterocycles. The molecule has 0 spiro atoms. The molecule has 30 heavy (non-hydrogen) atoms. The zero-order valence-corrected chi connectivity index (χ0v) is 18.3. The van der Waals surface area contributed by atoms with Crippen molar-refractivity contribution in [2.75, 3.05) is 33.3 Å². The van der Waals surface area contributed by atoms with Crippen LogP contribution in [-0.2, 0) is 6.54 Å². The third kappa shape index (κ3) is 4.47. The van der Waals surface area contributed by atoms with Gasteiger partial charge in [-0.05, 0) is 35.6 Å². The van der Waals surface area contributed by atoms with E-state index in [9.17, 15) is 5.11 Å². The molecule has 1 aliphatic heterocycles. The van der Waals surface area contributed by atoms with Gasteiger partial charge in [-0.15, -0.1) is 0 Å². The lowest BCUT2D eigenvalue weighted by Crippen LogP contribution is -2.50. The Labute approximate surface area is 183 Å². The molecule has 1 heterocycles. The monoisotopic (exact) mass is 424 g/mol. The number of fused-ring (bicyclic) bond motifs is 1. The van der Waals surface area contributed by atoms with E-state index >= 15 is 0 Å². The predicted octanol–water partition coefficient (Wildman–Crippen LogP) is 4.74. The molecule has 0 aromatic heterocycles. The molecule has 0 radical (unpaired) electrons. The second kappa shape index (κ2) is 9.36. The number of piperazine rings is 1. The third-order valence-electron chi connectivity index (χ3n) is 6.19. The molecule has 1 aliphatic rings. The minimum absolute atomic E-state index is 0.0510. The van der Waals surface area contributed by atoms with Crippen molar-refractivity contribution in [3.05, 3.63) is 76.8 Å². The Morgan fingerprint density at radius 1 is 1.00 bits per heavy atom. The van der Waals surface area contributed by atoms with E-state index in [1.54, 1.807) is 7.11 Å². The summed E-state index contributed by atoms with van der Waals surface area (Å²) in [6.45, 7) is 7.05. The van der Waals surface area contributed by atoms with E-state index in [1.807, 2.05) is 30.3 Å². The molecule has 0 saturated carbocycles. The number of hydrogen-bond donors (Lipinski definition) is 1. The van der Waals surface area contributed by atoms with Gasteiger partial charge in [0.15, 0.2) is 0 Å². The molecular weight excluding hydrogens is 396 g/mol. The van der Waals surface area contributed by atoms with Crippen LogP contribution in [0.5, 0.6) is 5.75 Å². The van der Waals surface area contributed by atoms with Gasteiger partial charge in [0.05, 0.1) is 18.2 Å². The van der Waals surface area contributed by atoms with Gasteiger partial charge in [-0.1, -0.05) is 60.1 Å². The normalized spacial score (nSPS) is 17.7. The quantitative estimate of drug-likeness (QED) is 0.619. The van der Waals surface area contributed by atoms with Gasteiger partial charge in [0, 0.05) is 44.2 Å². The van der Waals surface area contributed by atoms with E-state index < -0.39 is 6.10 Å². The zero-order chi connectivity index (χ0) is 21.1. The van der Waals surface area contributed by atoms with Crippen LogP contribution in [-0.4, -0.2) is 54.2 Å². The number of rotatable bonds is 6. The lowest BCUT2D eigenvalue weighted by atomic mass is 9.98. The first-order chi connectivity index (χ1) is 14.6. The van der Waals surface area contributed by atoms with Crippen molar-refractivity contribution >= 4 is 22.4 Å². The number of ether oxygens (including phenoxy) is 1. The second-order valence-corrected chi connectivity index (χ2v) is 8.42. The van der Waals surface area contributed by atoms with E-state index in [-0.39, 0.29) is 6.04 Å². The summed E-state index contributed by atoms with van der Waals surface area (Å²) in [4.78, 5) is 4.87. The molecule has 3 aromatic carbocycles. The standard InChI is InChI=1S/C25H29ClN2O2/c1-18(28-14-12-27(13-15-28)17-19-6-4-3-5-7-19)25(29)21-8-10-22-20(16-21)9-11-23(30-2)24(22)26/h3-11,16,18,25,29H,12-15,17H2,1-2H3/t18-,25-/m1/s1. The van der Waals surface area contributed by atoms with Crippen molar-refractivity contribution in [1.29, 1.82) is 0 Å². The van der Waals surface area contributed by atoms with Gasteiger partial charge in [-0.2, -0.15) is 0 Å². The fourth-order valence-electron chi connectivity index (χ4n) is 4.28. The van der Waals surface area contributed by atoms with Gasteiger partial charge in [-0.3, -0.25) is 9.80 Å². The predicted molar refractivity (Wildman–Crippen MR) is 123 cm³/mol. The van der Waals surface area contributed by atoms with Gasteiger partial charge < -0.3 is 9.84 Å². The van der Waals surface area contributed by atoms with Crippen molar-refractivity contribution in [3.63, 3.8) is 0 Å². The van der Waals surface area contributed by atoms with E-state index in [0.717, 1.165) is 49.1 Å². The third-order valence-corrected chi connectivity index (χ3v) is 6.58. The zero-order valence-electron chi connectivity index (χ0n) is 17.6. The van der Waals surface area contributed by atoms with Crippen LogP contribution in [0.1, 0.15) is 24.2 Å². The smallest absolute Gasteiger partial charge is 0.138 e. The molecule has 5 heteroatoms. The van der Waals surface area contributed by atoms with E-state index in [0.29, 0.717) is 10.8 Å². The molecular formula is C25H29ClN2O2. The molecule has 4 rings (SSSR count). The molecule has 3 aromatic rings. The van der Waals surface area contributed by atoms with Crippen LogP contribution in [0.2, 0.25) is 5.02 Å². The first-order valence-corrected chi connectivity index (χ1v) is 10.9. The molecule has 0 amide bonds. The SMILES string of the molecule is COc1ccc2cc([C@H](O)[C@@H](C)N3CCN(Cc4ccccc4)CC3)ccc2c1Cl. The second-order valence-electron chi connectivity index (χ2n) is 8.05. The number of benzene rings is 3. The number of nitrogens with zero attached hydrogens (tertiary/aromatic N) is 2. The maximum Gasteiger partial charge on any atom is 0.138 e. The lowest BCUT2D eigenvalue weighted by molar-refractivity contribution is 0.0245. The summed E-state index contributed by atoms with van der Waals surface area (Å²) in [5, 5.41) is 13.6. The number of halogens is 1. The highest BCUT2D eigenvalue weighted by molar-refractivity contribution is 6.37. The molecule has 0 bridgehead atoms. The van der Waals surface area contributed by atoms with Gasteiger partial charge in [-0.25, -0.2) is 0 Å². The van der Waals surface area contributed by atoms with Crippen LogP contribution in [0.3, 0.4) is 0 Å². The van der Waals surface area contributed by atoms with Crippen molar-refractivity contribution in [2.24, 2.45) is 0 Å². The largest absolute Gasteiger partial charge is 0.495 e. The van der Waals surface area contributed by atoms with Crippen LogP contribution in [0.4, 0.5) is 0 Å². The minimum Gasteiger partial charge on any atom is -0.495 e. The number of hydrogen-bond acceptors (Lipinski definition) is 4. The van der Waals surface area contributed by atoms with Gasteiger partial charge >= 0.3 is 0 Å². The Bertz CT molecular complexity index is 987. The summed E-state index contributed by atoms with van der Waals surface area (Å²) in [5.74, 6) is 0.666. The summed E-state index contributed by atoms with van der Waals surface area (Å²) < 4.78 is 5.30. The maximum atomic E-state index is 11.1. The van der Waals surface area contributed by atoms with E-state index in [4.69, 9.17) is 16.3 Å². The van der Waals surface area contributed by atoms with Crippen LogP contribution in [0, 0.1) is 0 Å². The number of methoxy groups -OCH3 is 1. The van der Waals surface area contributed by atoms with E-state index in [1.165, 1.54) is 5.56 Å². The van der Waals surface area contributed by atoms with Crippen LogP contribution in [0.25, 0.3) is 10.8 Å². The first kappa shape index (κ1) is 21.1. The number of aliphatic hydroxyl groups excluding tert-OH is 1. The molecule has 4 nitrogen and oxygen atoms in total. The maximum absolute atomic E-state index is 11.1. The first-order valence-electron chi connectivity index (χ1n) is 10.5. The molecule has 0 unspecified atom stereocenters. The molecule has 1 fully saturated rings. The van der Waals surface area contributed by atoms with Gasteiger partial charge in [0.25, 0.3) is 0 Å². The van der Waals surface area contributed by atoms with Crippen LogP contribution < -0.4 is 4.74 Å². The highest BCUT2D eigenvalue weighted by Gasteiger charge is 2.27. The number of aliphatic hydroxyl groups is 1. The summed E-state index contributed by atoms with van der Waals surface area (Å²) in [5.41, 5.74) is 2.27. The van der Waals surface area contributed by atoms with Crippen LogP contribution in [0.15, 0.2) is 60.7 Å². The van der Waals surface area contributed by atoms with Crippen molar-refractivity contribution in [2.45, 2.75) is 25.6 Å². The van der Waals surface area contributed by atoms with Gasteiger partial charge in [0.1, 0.15) is 5.75 Å². The Hall–Kier alpha value is -2.11. The fraction of sp³-hybridized carbons (Fsp3) is 0.360. The average molecular weight is 425 g/mol. The summed E-state index contributed by atoms with van der Waals surface area (Å²) >= 11 is 6.43. The Balaban J connectivity index is 1.40. The molecule has 0 aliphatic carbocycles. The Kier molecular flexibility index (Phi) is 6.59. The van der Waals surface area contributed by atoms with Gasteiger partial charge in [0.2, 0.25) is 0 Å². The highest BCUT2D eigenvalue weighted by Crippen LogP contribution is 2.34. The molecule has 2 atom stereocenters. The average Bonchev–Trinajstić information content (AvgIpc) is 2.79. The Morgan fingerprint density at radius 3 is 2.43 bits per heavy atom. The lowest BCUT2D eigenvalue weighted by Gasteiger charge is -2.39. The minimum atomic E-state index is -0.545. The fourth-order valence-corrected chi connectivity index (χ4v) is 4.59. The van der Waals surface area contributed by atoms with Crippen molar-refractivity contribution < 1.29 is 9.84 Å². The molecule has 158 valence electrons. The van der Waals surface area contributed by atoms with Crippen LogP contribution >= 0.6 is 11.6 Å².